The van der Waals surface area contributed by atoms with Crippen molar-refractivity contribution in [2.45, 2.75) is 19.5 Å². The van der Waals surface area contributed by atoms with Crippen molar-refractivity contribution < 1.29 is 4.74 Å². The molecule has 0 saturated heterocycles. The molecule has 0 aliphatic carbocycles. The van der Waals surface area contributed by atoms with Crippen LogP contribution in [0.15, 0.2) is 42.5 Å². The Morgan fingerprint density at radius 2 is 1.68 bits per heavy atom. The summed E-state index contributed by atoms with van der Waals surface area (Å²) in [6, 6.07) is 14.6. The van der Waals surface area contributed by atoms with Gasteiger partial charge >= 0.3 is 0 Å². The van der Waals surface area contributed by atoms with Crippen molar-refractivity contribution in [3.05, 3.63) is 59.2 Å². The molecule has 3 nitrogen and oxygen atoms in total. The van der Waals surface area contributed by atoms with E-state index in [2.05, 4.69) is 29.2 Å². The van der Waals surface area contributed by atoms with Crippen LogP contribution in [0.2, 0.25) is 0 Å². The molecule has 0 spiro atoms. The maximum absolute atomic E-state index is 5.84. The van der Waals surface area contributed by atoms with Crippen LogP contribution in [0.5, 0.6) is 5.75 Å². The molecule has 0 fully saturated rings. The molecule has 5 heteroatoms. The number of nitrogens with two attached hydrogens (primary N) is 1. The number of fused-ring (bicyclic) bond motifs is 1. The van der Waals surface area contributed by atoms with Crippen molar-refractivity contribution in [1.29, 1.82) is 0 Å². The molecule has 0 bridgehead atoms. The highest BCUT2D eigenvalue weighted by atomic mass is 35.5. The summed E-state index contributed by atoms with van der Waals surface area (Å²) >= 11 is 0. The van der Waals surface area contributed by atoms with E-state index < -0.39 is 0 Å². The maximum Gasteiger partial charge on any atom is 0.118 e. The summed E-state index contributed by atoms with van der Waals surface area (Å²) < 4.78 is 5.18. The molecule has 2 aromatic carbocycles. The van der Waals surface area contributed by atoms with Gasteiger partial charge < -0.3 is 10.5 Å². The molecule has 3 rings (SSSR count). The van der Waals surface area contributed by atoms with Gasteiger partial charge in [0.2, 0.25) is 0 Å². The van der Waals surface area contributed by atoms with Crippen molar-refractivity contribution in [3.8, 4) is 5.75 Å². The summed E-state index contributed by atoms with van der Waals surface area (Å²) in [5.41, 5.74) is 10.8. The maximum atomic E-state index is 5.84. The average molecular weight is 341 g/mol. The predicted octanol–water partition coefficient (Wildman–Crippen LogP) is 3.68. The molecule has 1 aliphatic heterocycles. The van der Waals surface area contributed by atoms with Crippen LogP contribution in [0, 0.1) is 0 Å². The standard InChI is InChI=1S/C17H20N2O.2ClH/c1-20-17-6-2-13(3-7-17)8-9-19-11-14-4-5-16(18)10-15(14)12-19;;/h2-7,10H,8-9,11-12,18H2,1H3;2*1H. The molecule has 0 saturated carbocycles. The number of hydrogen-bond donors (Lipinski definition) is 1. The largest absolute Gasteiger partial charge is 0.497 e. The van der Waals surface area contributed by atoms with E-state index in [9.17, 15) is 0 Å². The summed E-state index contributed by atoms with van der Waals surface area (Å²) in [6.45, 7) is 3.11. The van der Waals surface area contributed by atoms with Crippen molar-refractivity contribution in [2.75, 3.05) is 19.4 Å². The topological polar surface area (TPSA) is 38.5 Å². The van der Waals surface area contributed by atoms with Crippen LogP contribution in [-0.4, -0.2) is 18.6 Å². The SMILES string of the molecule is COc1ccc(CCN2Cc3ccc(N)cc3C2)cc1.Cl.Cl. The first kappa shape index (κ1) is 18.6. The highest BCUT2D eigenvalue weighted by Crippen LogP contribution is 2.24. The van der Waals surface area contributed by atoms with E-state index in [1.54, 1.807) is 7.11 Å². The second kappa shape index (κ2) is 8.28. The Balaban J connectivity index is 0.00000121. The molecule has 0 unspecified atom stereocenters. The van der Waals surface area contributed by atoms with Gasteiger partial charge in [0.25, 0.3) is 0 Å². The zero-order valence-electron chi connectivity index (χ0n) is 12.6. The second-order valence-electron chi connectivity index (χ2n) is 5.34. The van der Waals surface area contributed by atoms with Crippen molar-refractivity contribution in [3.63, 3.8) is 0 Å². The second-order valence-corrected chi connectivity index (χ2v) is 5.34. The minimum Gasteiger partial charge on any atom is -0.497 e. The molecule has 120 valence electrons. The van der Waals surface area contributed by atoms with E-state index in [4.69, 9.17) is 10.5 Å². The lowest BCUT2D eigenvalue weighted by molar-refractivity contribution is 0.288. The Hall–Kier alpha value is -1.42. The highest BCUT2D eigenvalue weighted by molar-refractivity contribution is 5.85. The van der Waals surface area contributed by atoms with E-state index in [1.807, 2.05) is 18.2 Å². The third kappa shape index (κ3) is 4.29. The average Bonchev–Trinajstić information content (AvgIpc) is 2.87. The van der Waals surface area contributed by atoms with Crippen LogP contribution in [-0.2, 0) is 19.5 Å². The summed E-state index contributed by atoms with van der Waals surface area (Å²) in [7, 11) is 1.70. The van der Waals surface area contributed by atoms with Crippen LogP contribution in [0.4, 0.5) is 5.69 Å². The first-order valence-corrected chi connectivity index (χ1v) is 6.97. The number of nitrogens with zero attached hydrogens (tertiary/aromatic N) is 1. The van der Waals surface area contributed by atoms with Gasteiger partial charge in [-0.2, -0.15) is 0 Å². The molecule has 0 aromatic heterocycles. The predicted molar refractivity (Wildman–Crippen MR) is 96.2 cm³/mol. The van der Waals surface area contributed by atoms with Crippen molar-refractivity contribution in [1.82, 2.24) is 4.90 Å². The van der Waals surface area contributed by atoms with Gasteiger partial charge in [-0.15, -0.1) is 24.8 Å². The lowest BCUT2D eigenvalue weighted by Crippen LogP contribution is -2.19. The minimum atomic E-state index is 0. The van der Waals surface area contributed by atoms with E-state index in [-0.39, 0.29) is 24.8 Å². The van der Waals surface area contributed by atoms with Crippen molar-refractivity contribution in [2.24, 2.45) is 0 Å². The molecule has 0 atom stereocenters. The van der Waals surface area contributed by atoms with Gasteiger partial charge in [0.05, 0.1) is 7.11 Å². The number of anilines is 1. The fourth-order valence-electron chi connectivity index (χ4n) is 2.72. The van der Waals surface area contributed by atoms with E-state index in [0.29, 0.717) is 0 Å². The number of methoxy groups -OCH3 is 1. The van der Waals surface area contributed by atoms with Crippen LogP contribution >= 0.6 is 24.8 Å². The first-order valence-electron chi connectivity index (χ1n) is 6.97. The van der Waals surface area contributed by atoms with Gasteiger partial charge in [-0.05, 0) is 47.4 Å². The van der Waals surface area contributed by atoms with Crippen LogP contribution < -0.4 is 10.5 Å². The third-order valence-corrected chi connectivity index (χ3v) is 3.89. The first-order chi connectivity index (χ1) is 9.74. The molecule has 1 heterocycles. The van der Waals surface area contributed by atoms with E-state index in [0.717, 1.165) is 37.5 Å². The number of hydrogen-bond acceptors (Lipinski definition) is 3. The molecule has 2 N–H and O–H groups in total. The molecular formula is C17H22Cl2N2O. The van der Waals surface area contributed by atoms with Gasteiger partial charge in [0.1, 0.15) is 5.75 Å². The molecular weight excluding hydrogens is 319 g/mol. The minimum absolute atomic E-state index is 0. The quantitative estimate of drug-likeness (QED) is 0.862. The third-order valence-electron chi connectivity index (χ3n) is 3.89. The lowest BCUT2D eigenvalue weighted by Gasteiger charge is -2.14. The lowest BCUT2D eigenvalue weighted by atomic mass is 10.1. The smallest absolute Gasteiger partial charge is 0.118 e. The van der Waals surface area contributed by atoms with Gasteiger partial charge in [-0.1, -0.05) is 18.2 Å². The van der Waals surface area contributed by atoms with Gasteiger partial charge in [0, 0.05) is 25.3 Å². The molecule has 0 amide bonds. The monoisotopic (exact) mass is 340 g/mol. The molecule has 22 heavy (non-hydrogen) atoms. The van der Waals surface area contributed by atoms with E-state index >= 15 is 0 Å². The molecule has 1 aliphatic rings. The number of benzene rings is 2. The highest BCUT2D eigenvalue weighted by Gasteiger charge is 2.18. The van der Waals surface area contributed by atoms with Gasteiger partial charge in [-0.3, -0.25) is 4.90 Å². The summed E-state index contributed by atoms with van der Waals surface area (Å²) in [5, 5.41) is 0. The van der Waals surface area contributed by atoms with Crippen LogP contribution in [0.25, 0.3) is 0 Å². The molecule has 0 radical (unpaired) electrons. The number of ether oxygens (including phenoxy) is 1. The Morgan fingerprint density at radius 3 is 2.36 bits per heavy atom. The number of nitrogen functional groups attached to an aromatic ring is 1. The number of rotatable bonds is 4. The Morgan fingerprint density at radius 1 is 1.00 bits per heavy atom. The zero-order valence-corrected chi connectivity index (χ0v) is 14.3. The van der Waals surface area contributed by atoms with Crippen LogP contribution in [0.3, 0.4) is 0 Å². The van der Waals surface area contributed by atoms with Crippen molar-refractivity contribution >= 4 is 30.5 Å². The van der Waals surface area contributed by atoms with E-state index in [1.165, 1.54) is 16.7 Å². The Bertz CT molecular complexity index is 602. The van der Waals surface area contributed by atoms with Gasteiger partial charge in [-0.25, -0.2) is 0 Å². The van der Waals surface area contributed by atoms with Gasteiger partial charge in [0.15, 0.2) is 0 Å². The normalized spacial score (nSPS) is 13.0. The fraction of sp³-hybridized carbons (Fsp3) is 0.294. The summed E-state index contributed by atoms with van der Waals surface area (Å²) in [6.07, 6.45) is 1.06. The van der Waals surface area contributed by atoms with Crippen LogP contribution in [0.1, 0.15) is 16.7 Å². The summed E-state index contributed by atoms with van der Waals surface area (Å²) in [5.74, 6) is 0.915. The molecule has 2 aromatic rings. The summed E-state index contributed by atoms with van der Waals surface area (Å²) in [4.78, 5) is 2.47. The zero-order chi connectivity index (χ0) is 13.9. The Kier molecular flexibility index (Phi) is 7.01. The Labute approximate surface area is 144 Å². The number of halogens is 2. The fourth-order valence-corrected chi connectivity index (χ4v) is 2.72.